The van der Waals surface area contributed by atoms with Gasteiger partial charge in [0.1, 0.15) is 0 Å². The lowest BCUT2D eigenvalue weighted by Gasteiger charge is -2.14. The van der Waals surface area contributed by atoms with Crippen LogP contribution in [0.1, 0.15) is 5.56 Å². The summed E-state index contributed by atoms with van der Waals surface area (Å²) >= 11 is 5.77. The highest BCUT2D eigenvalue weighted by Crippen LogP contribution is 2.40. The van der Waals surface area contributed by atoms with E-state index < -0.39 is 0 Å². The van der Waals surface area contributed by atoms with Gasteiger partial charge in [-0.2, -0.15) is 4.98 Å². The summed E-state index contributed by atoms with van der Waals surface area (Å²) in [5, 5.41) is 0.120. The molecule has 1 aromatic heterocycles. The summed E-state index contributed by atoms with van der Waals surface area (Å²) in [5.41, 5.74) is 0.761. The van der Waals surface area contributed by atoms with Gasteiger partial charge in [-0.3, -0.25) is 0 Å². The summed E-state index contributed by atoms with van der Waals surface area (Å²) < 4.78 is 16.2. The maximum absolute atomic E-state index is 5.77. The van der Waals surface area contributed by atoms with Crippen molar-refractivity contribution in [1.29, 1.82) is 0 Å². The fraction of sp³-hybridized carbons (Fsp3) is 0.231. The first-order valence-electron chi connectivity index (χ1n) is 5.53. The molecule has 19 heavy (non-hydrogen) atoms. The Kier molecular flexibility index (Phi) is 4.06. The van der Waals surface area contributed by atoms with E-state index in [0.29, 0.717) is 23.1 Å². The fourth-order valence-corrected chi connectivity index (χ4v) is 1.65. The molecule has 0 aliphatic rings. The summed E-state index contributed by atoms with van der Waals surface area (Å²) in [5.74, 6) is 1.91. The van der Waals surface area contributed by atoms with Crippen LogP contribution in [0.2, 0.25) is 5.28 Å². The van der Waals surface area contributed by atoms with E-state index in [2.05, 4.69) is 9.97 Å². The molecule has 0 saturated heterocycles. The van der Waals surface area contributed by atoms with E-state index in [1.807, 2.05) is 13.0 Å². The second kappa shape index (κ2) is 5.75. The van der Waals surface area contributed by atoms with Crippen molar-refractivity contribution in [2.75, 3.05) is 14.2 Å². The molecule has 2 rings (SSSR count). The van der Waals surface area contributed by atoms with E-state index in [0.717, 1.165) is 5.56 Å². The summed E-state index contributed by atoms with van der Waals surface area (Å²) in [4.78, 5) is 7.92. The van der Waals surface area contributed by atoms with E-state index in [9.17, 15) is 0 Å². The van der Waals surface area contributed by atoms with Crippen LogP contribution < -0.4 is 14.2 Å². The Hall–Kier alpha value is -2.01. The molecule has 100 valence electrons. The highest BCUT2D eigenvalue weighted by atomic mass is 35.5. The van der Waals surface area contributed by atoms with E-state index in [-0.39, 0.29) is 5.28 Å². The summed E-state index contributed by atoms with van der Waals surface area (Å²) in [6.45, 7) is 1.83. The number of para-hydroxylation sites is 1. The van der Waals surface area contributed by atoms with Crippen LogP contribution in [0.25, 0.3) is 0 Å². The lowest BCUT2D eigenvalue weighted by Crippen LogP contribution is -1.98. The lowest BCUT2D eigenvalue weighted by molar-refractivity contribution is 0.341. The summed E-state index contributed by atoms with van der Waals surface area (Å²) in [6.07, 6.45) is 1.59. The third-order valence-corrected chi connectivity index (χ3v) is 2.66. The molecule has 1 heterocycles. The number of aromatic nitrogens is 2. The van der Waals surface area contributed by atoms with Gasteiger partial charge < -0.3 is 14.2 Å². The maximum atomic E-state index is 5.77. The van der Waals surface area contributed by atoms with Gasteiger partial charge in [0.2, 0.25) is 16.9 Å². The van der Waals surface area contributed by atoms with Crippen molar-refractivity contribution in [3.8, 4) is 23.1 Å². The van der Waals surface area contributed by atoms with E-state index in [4.69, 9.17) is 25.8 Å². The van der Waals surface area contributed by atoms with Crippen molar-refractivity contribution in [3.05, 3.63) is 35.2 Å². The molecule has 0 fully saturated rings. The van der Waals surface area contributed by atoms with Crippen LogP contribution in [0.3, 0.4) is 0 Å². The maximum Gasteiger partial charge on any atom is 0.226 e. The van der Waals surface area contributed by atoms with Gasteiger partial charge in [0.05, 0.1) is 14.2 Å². The zero-order valence-corrected chi connectivity index (χ0v) is 11.6. The van der Waals surface area contributed by atoms with Gasteiger partial charge in [-0.05, 0) is 30.7 Å². The normalized spacial score (nSPS) is 10.1. The number of rotatable bonds is 4. The van der Waals surface area contributed by atoms with Gasteiger partial charge in [-0.25, -0.2) is 4.98 Å². The molecule has 0 spiro atoms. The van der Waals surface area contributed by atoms with Crippen LogP contribution in [0.5, 0.6) is 23.1 Å². The Morgan fingerprint density at radius 3 is 2.32 bits per heavy atom. The number of hydrogen-bond donors (Lipinski definition) is 0. The number of aryl methyl sites for hydroxylation is 1. The van der Waals surface area contributed by atoms with Crippen LogP contribution in [0.4, 0.5) is 0 Å². The number of nitrogens with zero attached hydrogens (tertiary/aromatic N) is 2. The van der Waals surface area contributed by atoms with Crippen molar-refractivity contribution in [1.82, 2.24) is 9.97 Å². The molecular weight excluding hydrogens is 268 g/mol. The van der Waals surface area contributed by atoms with Gasteiger partial charge in [0.15, 0.2) is 11.5 Å². The smallest absolute Gasteiger partial charge is 0.226 e. The number of methoxy groups -OCH3 is 2. The number of ether oxygens (including phenoxy) is 3. The molecule has 0 amide bonds. The number of hydrogen-bond acceptors (Lipinski definition) is 5. The minimum absolute atomic E-state index is 0.120. The van der Waals surface area contributed by atoms with E-state index >= 15 is 0 Å². The predicted octanol–water partition coefficient (Wildman–Crippen LogP) is 3.25. The van der Waals surface area contributed by atoms with Gasteiger partial charge in [0, 0.05) is 11.8 Å². The third kappa shape index (κ3) is 2.88. The second-order valence-electron chi connectivity index (χ2n) is 3.72. The molecule has 5 nitrogen and oxygen atoms in total. The highest BCUT2D eigenvalue weighted by molar-refractivity contribution is 6.28. The Bertz CT molecular complexity index is 568. The van der Waals surface area contributed by atoms with Gasteiger partial charge in [-0.1, -0.05) is 6.07 Å². The SMILES string of the molecule is COc1cccc(OC)c1Oc1nc(Cl)ncc1C. The molecule has 2 aromatic rings. The molecule has 0 atom stereocenters. The Morgan fingerprint density at radius 1 is 1.11 bits per heavy atom. The first kappa shape index (κ1) is 13.4. The van der Waals surface area contributed by atoms with Crippen molar-refractivity contribution < 1.29 is 14.2 Å². The third-order valence-electron chi connectivity index (χ3n) is 2.48. The van der Waals surface area contributed by atoms with Crippen molar-refractivity contribution in [2.24, 2.45) is 0 Å². The molecule has 0 unspecified atom stereocenters. The number of halogens is 1. The molecule has 0 aliphatic heterocycles. The largest absolute Gasteiger partial charge is 0.493 e. The molecule has 0 bridgehead atoms. The zero-order valence-electron chi connectivity index (χ0n) is 10.8. The molecule has 0 N–H and O–H groups in total. The molecule has 0 aliphatic carbocycles. The summed E-state index contributed by atoms with van der Waals surface area (Å²) in [6, 6.07) is 5.36. The second-order valence-corrected chi connectivity index (χ2v) is 4.06. The predicted molar refractivity (Wildman–Crippen MR) is 71.4 cm³/mol. The van der Waals surface area contributed by atoms with Crippen LogP contribution in [0.15, 0.2) is 24.4 Å². The Morgan fingerprint density at radius 2 is 1.74 bits per heavy atom. The zero-order chi connectivity index (χ0) is 13.8. The summed E-state index contributed by atoms with van der Waals surface area (Å²) in [7, 11) is 3.11. The fourth-order valence-electron chi connectivity index (χ4n) is 1.52. The quantitative estimate of drug-likeness (QED) is 0.805. The minimum atomic E-state index is 0.120. The molecular formula is C13H13ClN2O3. The average molecular weight is 281 g/mol. The minimum Gasteiger partial charge on any atom is -0.493 e. The Balaban J connectivity index is 2.45. The van der Waals surface area contributed by atoms with Crippen molar-refractivity contribution >= 4 is 11.6 Å². The molecule has 6 heteroatoms. The van der Waals surface area contributed by atoms with Gasteiger partial charge in [-0.15, -0.1) is 0 Å². The molecule has 0 saturated carbocycles. The van der Waals surface area contributed by atoms with Crippen molar-refractivity contribution in [2.45, 2.75) is 6.92 Å². The highest BCUT2D eigenvalue weighted by Gasteiger charge is 2.14. The monoisotopic (exact) mass is 280 g/mol. The Labute approximate surface area is 116 Å². The number of benzene rings is 1. The first-order valence-corrected chi connectivity index (χ1v) is 5.91. The molecule has 0 radical (unpaired) electrons. The van der Waals surface area contributed by atoms with Crippen molar-refractivity contribution in [3.63, 3.8) is 0 Å². The van der Waals surface area contributed by atoms with E-state index in [1.165, 1.54) is 0 Å². The van der Waals surface area contributed by atoms with Crippen LogP contribution in [-0.2, 0) is 0 Å². The van der Waals surface area contributed by atoms with Crippen LogP contribution in [-0.4, -0.2) is 24.2 Å². The molecule has 1 aromatic carbocycles. The van der Waals surface area contributed by atoms with Crippen LogP contribution in [0, 0.1) is 6.92 Å². The lowest BCUT2D eigenvalue weighted by atomic mass is 10.3. The topological polar surface area (TPSA) is 53.5 Å². The van der Waals surface area contributed by atoms with Gasteiger partial charge >= 0.3 is 0 Å². The van der Waals surface area contributed by atoms with E-state index in [1.54, 1.807) is 32.5 Å². The standard InChI is InChI=1S/C13H13ClN2O3/c1-8-7-15-13(14)16-12(8)19-11-9(17-2)5-4-6-10(11)18-3/h4-7H,1-3H3. The average Bonchev–Trinajstić information content (AvgIpc) is 2.43. The first-order chi connectivity index (χ1) is 9.15. The van der Waals surface area contributed by atoms with Crippen LogP contribution >= 0.6 is 11.6 Å². The van der Waals surface area contributed by atoms with Gasteiger partial charge in [0.25, 0.3) is 0 Å².